The number of carbonyl (C=O) groups is 1. The Labute approximate surface area is 120 Å². The summed E-state index contributed by atoms with van der Waals surface area (Å²) < 4.78 is 5.46. The molecule has 2 aromatic rings. The van der Waals surface area contributed by atoms with E-state index in [4.69, 9.17) is 4.74 Å². The normalized spacial score (nSPS) is 10.2. The Morgan fingerprint density at radius 3 is 2.80 bits per heavy atom. The van der Waals surface area contributed by atoms with Gasteiger partial charge in [-0.2, -0.15) is 0 Å². The molecule has 1 aromatic carbocycles. The van der Waals surface area contributed by atoms with E-state index in [9.17, 15) is 14.9 Å². The number of ketones is 1. The number of rotatable bonds is 6. The second-order valence-corrected chi connectivity index (χ2v) is 5.21. The van der Waals surface area contributed by atoms with Crippen molar-refractivity contribution in [3.05, 3.63) is 56.3 Å². The van der Waals surface area contributed by atoms with Gasteiger partial charge in [-0.3, -0.25) is 14.9 Å². The molecule has 0 saturated heterocycles. The first-order valence-corrected chi connectivity index (χ1v) is 6.90. The standard InChI is InChI=1S/C14H13NO4S/c1-10(16)11-4-5-14(13(9-11)15(17)18)19-7-6-12-3-2-8-20-12/h2-5,8-9H,6-7H2,1H3. The minimum absolute atomic E-state index is 0.177. The molecule has 1 heterocycles. The second kappa shape index (κ2) is 6.29. The van der Waals surface area contributed by atoms with Crippen LogP contribution in [0.25, 0.3) is 0 Å². The van der Waals surface area contributed by atoms with Gasteiger partial charge in [0.25, 0.3) is 0 Å². The van der Waals surface area contributed by atoms with Crippen molar-refractivity contribution < 1.29 is 14.5 Å². The number of carbonyl (C=O) groups excluding carboxylic acids is 1. The molecule has 0 saturated carbocycles. The summed E-state index contributed by atoms with van der Waals surface area (Å²) in [6.45, 7) is 1.73. The highest BCUT2D eigenvalue weighted by Gasteiger charge is 2.17. The molecule has 20 heavy (non-hydrogen) atoms. The molecule has 0 N–H and O–H groups in total. The van der Waals surface area contributed by atoms with E-state index in [1.807, 2.05) is 17.5 Å². The lowest BCUT2D eigenvalue weighted by Crippen LogP contribution is -2.04. The SMILES string of the molecule is CC(=O)c1ccc(OCCc2cccs2)c([N+](=O)[O-])c1. The van der Waals surface area contributed by atoms with Gasteiger partial charge in [-0.1, -0.05) is 6.07 Å². The average molecular weight is 291 g/mol. The van der Waals surface area contributed by atoms with E-state index in [1.165, 1.54) is 25.1 Å². The minimum Gasteiger partial charge on any atom is -0.486 e. The van der Waals surface area contributed by atoms with E-state index in [0.717, 1.165) is 4.88 Å². The van der Waals surface area contributed by atoms with Gasteiger partial charge in [0.15, 0.2) is 11.5 Å². The predicted molar refractivity (Wildman–Crippen MR) is 76.6 cm³/mol. The number of benzene rings is 1. The first kappa shape index (κ1) is 14.2. The van der Waals surface area contributed by atoms with E-state index in [1.54, 1.807) is 11.3 Å². The summed E-state index contributed by atoms with van der Waals surface area (Å²) in [6, 6.07) is 8.20. The van der Waals surface area contributed by atoms with Crippen LogP contribution in [0, 0.1) is 10.1 Å². The number of hydrogen-bond donors (Lipinski definition) is 0. The van der Waals surface area contributed by atoms with E-state index in [0.29, 0.717) is 18.6 Å². The van der Waals surface area contributed by atoms with Crippen LogP contribution < -0.4 is 4.74 Å². The van der Waals surface area contributed by atoms with Crippen LogP contribution in [0.15, 0.2) is 35.7 Å². The third-order valence-electron chi connectivity index (χ3n) is 2.75. The van der Waals surface area contributed by atoms with Crippen molar-refractivity contribution in [1.82, 2.24) is 0 Å². The summed E-state index contributed by atoms with van der Waals surface area (Å²) in [6.07, 6.45) is 0.698. The highest BCUT2D eigenvalue weighted by Crippen LogP contribution is 2.28. The smallest absolute Gasteiger partial charge is 0.311 e. The summed E-state index contributed by atoms with van der Waals surface area (Å²) in [5.41, 5.74) is 0.131. The van der Waals surface area contributed by atoms with E-state index >= 15 is 0 Å². The molecular formula is C14H13NO4S. The fourth-order valence-electron chi connectivity index (χ4n) is 1.72. The molecule has 0 bridgehead atoms. The lowest BCUT2D eigenvalue weighted by molar-refractivity contribution is -0.385. The van der Waals surface area contributed by atoms with Crippen LogP contribution in [0.5, 0.6) is 5.75 Å². The average Bonchev–Trinajstić information content (AvgIpc) is 2.91. The Morgan fingerprint density at radius 1 is 1.40 bits per heavy atom. The van der Waals surface area contributed by atoms with Gasteiger partial charge in [0, 0.05) is 22.9 Å². The molecule has 104 valence electrons. The van der Waals surface area contributed by atoms with Gasteiger partial charge < -0.3 is 4.74 Å². The molecule has 0 amide bonds. The largest absolute Gasteiger partial charge is 0.486 e. The monoisotopic (exact) mass is 291 g/mol. The Balaban J connectivity index is 2.10. The second-order valence-electron chi connectivity index (χ2n) is 4.17. The number of nitro groups is 1. The van der Waals surface area contributed by atoms with Crippen molar-refractivity contribution in [3.8, 4) is 5.75 Å². The molecule has 1 aromatic heterocycles. The van der Waals surface area contributed by atoms with Crippen LogP contribution in [-0.4, -0.2) is 17.3 Å². The summed E-state index contributed by atoms with van der Waals surface area (Å²) in [5, 5.41) is 13.0. The molecule has 0 atom stereocenters. The van der Waals surface area contributed by atoms with Gasteiger partial charge in [0.2, 0.25) is 0 Å². The first-order valence-electron chi connectivity index (χ1n) is 6.02. The quantitative estimate of drug-likeness (QED) is 0.464. The summed E-state index contributed by atoms with van der Waals surface area (Å²) in [5.74, 6) is -0.0187. The maximum absolute atomic E-state index is 11.2. The lowest BCUT2D eigenvalue weighted by Gasteiger charge is -2.07. The Bertz CT molecular complexity index is 622. The van der Waals surface area contributed by atoms with Crippen molar-refractivity contribution in [3.63, 3.8) is 0 Å². The summed E-state index contributed by atoms with van der Waals surface area (Å²) in [7, 11) is 0. The molecule has 6 heteroatoms. The van der Waals surface area contributed by atoms with Crippen molar-refractivity contribution in [1.29, 1.82) is 0 Å². The fraction of sp³-hybridized carbons (Fsp3) is 0.214. The van der Waals surface area contributed by atoms with Crippen LogP contribution in [0.4, 0.5) is 5.69 Å². The van der Waals surface area contributed by atoms with Gasteiger partial charge in [-0.25, -0.2) is 0 Å². The topological polar surface area (TPSA) is 69.4 Å². The molecule has 2 rings (SSSR count). The zero-order valence-corrected chi connectivity index (χ0v) is 11.7. The minimum atomic E-state index is -0.535. The zero-order chi connectivity index (χ0) is 14.5. The molecule has 5 nitrogen and oxygen atoms in total. The van der Waals surface area contributed by atoms with Gasteiger partial charge in [-0.15, -0.1) is 11.3 Å². The summed E-state index contributed by atoms with van der Waals surface area (Å²) >= 11 is 1.62. The van der Waals surface area contributed by atoms with E-state index < -0.39 is 4.92 Å². The lowest BCUT2D eigenvalue weighted by atomic mass is 10.1. The molecule has 0 aliphatic rings. The van der Waals surface area contributed by atoms with E-state index in [-0.39, 0.29) is 17.2 Å². The third-order valence-corrected chi connectivity index (χ3v) is 3.68. The first-order chi connectivity index (χ1) is 9.58. The maximum Gasteiger partial charge on any atom is 0.311 e. The fourth-order valence-corrected chi connectivity index (χ4v) is 2.41. The van der Waals surface area contributed by atoms with Gasteiger partial charge in [-0.05, 0) is 30.5 Å². The zero-order valence-electron chi connectivity index (χ0n) is 10.9. The van der Waals surface area contributed by atoms with Crippen molar-refractivity contribution >= 4 is 22.8 Å². The number of hydrogen-bond acceptors (Lipinski definition) is 5. The highest BCUT2D eigenvalue weighted by atomic mass is 32.1. The van der Waals surface area contributed by atoms with Crippen LogP contribution in [0.1, 0.15) is 22.2 Å². The number of Topliss-reactive ketones (excluding diaryl/α,β-unsaturated/α-hetero) is 1. The molecule has 0 spiro atoms. The third kappa shape index (κ3) is 3.42. The molecule has 0 aliphatic heterocycles. The number of thiophene rings is 1. The van der Waals surface area contributed by atoms with E-state index in [2.05, 4.69) is 0 Å². The van der Waals surface area contributed by atoms with Gasteiger partial charge in [0.05, 0.1) is 11.5 Å². The molecule has 0 unspecified atom stereocenters. The van der Waals surface area contributed by atoms with Crippen LogP contribution in [-0.2, 0) is 6.42 Å². The Morgan fingerprint density at radius 2 is 2.20 bits per heavy atom. The van der Waals surface area contributed by atoms with Crippen LogP contribution >= 0.6 is 11.3 Å². The van der Waals surface area contributed by atoms with Crippen LogP contribution in [0.3, 0.4) is 0 Å². The molecule has 0 radical (unpaired) electrons. The molecule has 0 fully saturated rings. The highest BCUT2D eigenvalue weighted by molar-refractivity contribution is 7.09. The summed E-state index contributed by atoms with van der Waals surface area (Å²) in [4.78, 5) is 22.9. The maximum atomic E-state index is 11.2. The molecular weight excluding hydrogens is 278 g/mol. The van der Waals surface area contributed by atoms with Crippen molar-refractivity contribution in [2.75, 3.05) is 6.61 Å². The predicted octanol–water partition coefficient (Wildman–Crippen LogP) is 3.48. The number of nitro benzene ring substituents is 1. The number of ether oxygens (including phenoxy) is 1. The van der Waals surface area contributed by atoms with Crippen molar-refractivity contribution in [2.24, 2.45) is 0 Å². The Kier molecular flexibility index (Phi) is 4.47. The van der Waals surface area contributed by atoms with Crippen molar-refractivity contribution in [2.45, 2.75) is 13.3 Å². The number of nitrogens with zero attached hydrogens (tertiary/aromatic N) is 1. The van der Waals surface area contributed by atoms with Gasteiger partial charge in [0.1, 0.15) is 0 Å². The molecule has 0 aliphatic carbocycles. The van der Waals surface area contributed by atoms with Gasteiger partial charge >= 0.3 is 5.69 Å². The Hall–Kier alpha value is -2.21. The van der Waals surface area contributed by atoms with Crippen LogP contribution in [0.2, 0.25) is 0 Å².